The van der Waals surface area contributed by atoms with Crippen LogP contribution in [-0.2, 0) is 9.59 Å². The fourth-order valence-electron chi connectivity index (χ4n) is 2.17. The van der Waals surface area contributed by atoms with Gasteiger partial charge in [-0.15, -0.1) is 0 Å². The van der Waals surface area contributed by atoms with Crippen molar-refractivity contribution in [1.29, 1.82) is 0 Å². The van der Waals surface area contributed by atoms with Crippen molar-refractivity contribution in [3.05, 3.63) is 59.7 Å². The van der Waals surface area contributed by atoms with Crippen LogP contribution < -0.4 is 9.80 Å². The molecule has 0 saturated carbocycles. The Kier molecular flexibility index (Phi) is 5.53. The average Bonchev–Trinajstić information content (AvgIpc) is 2.59. The summed E-state index contributed by atoms with van der Waals surface area (Å²) < 4.78 is 0. The predicted molar refractivity (Wildman–Crippen MR) is 100.0 cm³/mol. The summed E-state index contributed by atoms with van der Waals surface area (Å²) in [4.78, 5) is 25.9. The number of hydrogen-bond donors (Lipinski definition) is 0. The third-order valence-corrected chi connectivity index (χ3v) is 3.97. The van der Waals surface area contributed by atoms with Gasteiger partial charge in [0.25, 0.3) is 0 Å². The first kappa shape index (κ1) is 17.5. The minimum atomic E-state index is 0.00825. The number of carbonyl (C=O) groups excluding carboxylic acids is 2. The molecule has 0 aliphatic carbocycles. The van der Waals surface area contributed by atoms with E-state index in [2.05, 4.69) is 0 Å². The maximum Gasteiger partial charge on any atom is 0.223 e. The minimum Gasteiger partial charge on any atom is -0.316 e. The quantitative estimate of drug-likeness (QED) is 0.803. The van der Waals surface area contributed by atoms with Crippen LogP contribution in [0.1, 0.15) is 25.0 Å². The van der Waals surface area contributed by atoms with Crippen molar-refractivity contribution < 1.29 is 9.59 Å². The van der Waals surface area contributed by atoms with Crippen LogP contribution in [0.5, 0.6) is 0 Å². The van der Waals surface area contributed by atoms with E-state index in [4.69, 9.17) is 0 Å². The molecule has 0 aliphatic heterocycles. The van der Waals surface area contributed by atoms with E-state index < -0.39 is 0 Å². The van der Waals surface area contributed by atoms with E-state index in [9.17, 15) is 9.59 Å². The van der Waals surface area contributed by atoms with Gasteiger partial charge in [-0.1, -0.05) is 36.4 Å². The van der Waals surface area contributed by atoms with Crippen molar-refractivity contribution in [2.75, 3.05) is 23.9 Å². The van der Waals surface area contributed by atoms with Crippen molar-refractivity contribution in [3.8, 4) is 0 Å². The molecule has 24 heavy (non-hydrogen) atoms. The van der Waals surface area contributed by atoms with Crippen molar-refractivity contribution in [2.24, 2.45) is 0 Å². The first-order chi connectivity index (χ1) is 11.4. The topological polar surface area (TPSA) is 40.6 Å². The van der Waals surface area contributed by atoms with Crippen molar-refractivity contribution >= 4 is 35.3 Å². The first-order valence-electron chi connectivity index (χ1n) is 7.75. The second kappa shape index (κ2) is 7.59. The fourth-order valence-corrected chi connectivity index (χ4v) is 2.17. The fraction of sp³-hybridized carbons (Fsp3) is 0.200. The number of anilines is 2. The third-order valence-electron chi connectivity index (χ3n) is 3.97. The van der Waals surface area contributed by atoms with Crippen molar-refractivity contribution in [2.45, 2.75) is 13.8 Å². The van der Waals surface area contributed by atoms with Gasteiger partial charge in [-0.2, -0.15) is 0 Å². The van der Waals surface area contributed by atoms with Gasteiger partial charge in [0.15, 0.2) is 0 Å². The molecule has 0 bridgehead atoms. The molecule has 0 unspecified atom stereocenters. The maximum atomic E-state index is 11.3. The van der Waals surface area contributed by atoms with Gasteiger partial charge >= 0.3 is 0 Å². The minimum absolute atomic E-state index is 0.00825. The molecule has 0 aliphatic rings. The molecular formula is C20H22N2O2. The van der Waals surface area contributed by atoms with E-state index in [0.29, 0.717) is 0 Å². The zero-order valence-electron chi connectivity index (χ0n) is 14.5. The van der Waals surface area contributed by atoms with Gasteiger partial charge in [-0.3, -0.25) is 9.59 Å². The SMILES string of the molecule is CC(=O)N(C)c1ccc(C=Cc2ccc(N(C)C(C)=O)cc2)cc1. The van der Waals surface area contributed by atoms with E-state index in [1.807, 2.05) is 60.7 Å². The Bertz CT molecular complexity index is 681. The molecule has 4 heteroatoms. The Balaban J connectivity index is 2.08. The van der Waals surface area contributed by atoms with E-state index >= 15 is 0 Å². The molecule has 2 amide bonds. The van der Waals surface area contributed by atoms with Gasteiger partial charge in [-0.05, 0) is 35.4 Å². The summed E-state index contributed by atoms with van der Waals surface area (Å²) in [7, 11) is 3.51. The number of benzene rings is 2. The second-order valence-electron chi connectivity index (χ2n) is 5.67. The Morgan fingerprint density at radius 1 is 0.667 bits per heavy atom. The van der Waals surface area contributed by atoms with Crippen LogP contribution >= 0.6 is 0 Å². The lowest BCUT2D eigenvalue weighted by Crippen LogP contribution is -2.22. The van der Waals surface area contributed by atoms with Gasteiger partial charge < -0.3 is 9.80 Å². The van der Waals surface area contributed by atoms with E-state index in [0.717, 1.165) is 22.5 Å². The highest BCUT2D eigenvalue weighted by Crippen LogP contribution is 2.18. The standard InChI is InChI=1S/C20H22N2O2/c1-15(23)21(3)19-11-7-17(8-12-19)5-6-18-9-13-20(14-10-18)22(4)16(2)24/h5-14H,1-4H3. The Morgan fingerprint density at radius 2 is 0.958 bits per heavy atom. The highest BCUT2D eigenvalue weighted by atomic mass is 16.2. The average molecular weight is 322 g/mol. The van der Waals surface area contributed by atoms with Gasteiger partial charge in [0.05, 0.1) is 0 Å². The number of hydrogen-bond acceptors (Lipinski definition) is 2. The number of carbonyl (C=O) groups is 2. The Labute approximate surface area is 143 Å². The lowest BCUT2D eigenvalue weighted by Gasteiger charge is -2.15. The lowest BCUT2D eigenvalue weighted by atomic mass is 10.1. The van der Waals surface area contributed by atoms with Gasteiger partial charge in [0, 0.05) is 39.3 Å². The largest absolute Gasteiger partial charge is 0.316 e. The molecule has 0 fully saturated rings. The predicted octanol–water partition coefficient (Wildman–Crippen LogP) is 3.82. The monoisotopic (exact) mass is 322 g/mol. The molecule has 0 atom stereocenters. The molecule has 2 rings (SSSR count). The van der Waals surface area contributed by atoms with Crippen LogP contribution in [-0.4, -0.2) is 25.9 Å². The van der Waals surface area contributed by atoms with Crippen LogP contribution in [0, 0.1) is 0 Å². The summed E-state index contributed by atoms with van der Waals surface area (Å²) in [6.45, 7) is 3.09. The van der Waals surface area contributed by atoms with E-state index in [1.165, 1.54) is 0 Å². The van der Waals surface area contributed by atoms with E-state index in [1.54, 1.807) is 37.7 Å². The smallest absolute Gasteiger partial charge is 0.223 e. The second-order valence-corrected chi connectivity index (χ2v) is 5.67. The molecule has 0 radical (unpaired) electrons. The number of rotatable bonds is 4. The molecule has 0 aromatic heterocycles. The van der Waals surface area contributed by atoms with E-state index in [-0.39, 0.29) is 11.8 Å². The van der Waals surface area contributed by atoms with Crippen LogP contribution in [0.2, 0.25) is 0 Å². The summed E-state index contributed by atoms with van der Waals surface area (Å²) in [5, 5.41) is 0. The molecule has 124 valence electrons. The molecular weight excluding hydrogens is 300 g/mol. The normalized spacial score (nSPS) is 10.7. The number of nitrogens with zero attached hydrogens (tertiary/aromatic N) is 2. The summed E-state index contributed by atoms with van der Waals surface area (Å²) in [5.41, 5.74) is 3.86. The maximum absolute atomic E-state index is 11.3. The molecule has 0 spiro atoms. The highest BCUT2D eigenvalue weighted by Gasteiger charge is 2.05. The zero-order valence-corrected chi connectivity index (χ0v) is 14.5. The van der Waals surface area contributed by atoms with Crippen molar-refractivity contribution in [1.82, 2.24) is 0 Å². The molecule has 0 N–H and O–H groups in total. The summed E-state index contributed by atoms with van der Waals surface area (Å²) in [5.74, 6) is 0.0165. The third kappa shape index (κ3) is 4.32. The van der Waals surface area contributed by atoms with Gasteiger partial charge in [-0.25, -0.2) is 0 Å². The van der Waals surface area contributed by atoms with Crippen LogP contribution in [0.25, 0.3) is 12.2 Å². The molecule has 2 aromatic rings. The van der Waals surface area contributed by atoms with Crippen LogP contribution in [0.3, 0.4) is 0 Å². The zero-order chi connectivity index (χ0) is 17.7. The molecule has 0 saturated heterocycles. The molecule has 2 aromatic carbocycles. The van der Waals surface area contributed by atoms with Crippen LogP contribution in [0.4, 0.5) is 11.4 Å². The highest BCUT2D eigenvalue weighted by molar-refractivity contribution is 5.91. The molecule has 4 nitrogen and oxygen atoms in total. The lowest BCUT2D eigenvalue weighted by molar-refractivity contribution is -0.117. The summed E-state index contributed by atoms with van der Waals surface area (Å²) in [6, 6.07) is 15.6. The summed E-state index contributed by atoms with van der Waals surface area (Å²) >= 11 is 0. The number of amides is 2. The first-order valence-corrected chi connectivity index (χ1v) is 7.75. The van der Waals surface area contributed by atoms with Crippen molar-refractivity contribution in [3.63, 3.8) is 0 Å². The van der Waals surface area contributed by atoms with Gasteiger partial charge in [0.1, 0.15) is 0 Å². The van der Waals surface area contributed by atoms with Crippen LogP contribution in [0.15, 0.2) is 48.5 Å². The summed E-state index contributed by atoms with van der Waals surface area (Å²) in [6.07, 6.45) is 4.03. The van der Waals surface area contributed by atoms with Gasteiger partial charge in [0.2, 0.25) is 11.8 Å². The Morgan fingerprint density at radius 3 is 1.21 bits per heavy atom. The molecule has 0 heterocycles. The Hall–Kier alpha value is -2.88.